The Bertz CT molecular complexity index is 1290. The Morgan fingerprint density at radius 1 is 1.11 bits per heavy atom. The van der Waals surface area contributed by atoms with Crippen LogP contribution in [-0.2, 0) is 24.4 Å². The fraction of sp³-hybridized carbons (Fsp3) is 0.385. The number of methoxy groups -OCH3 is 1. The van der Waals surface area contributed by atoms with Gasteiger partial charge in [-0.25, -0.2) is 18.3 Å². The number of halogens is 3. The Hall–Kier alpha value is -3.31. The summed E-state index contributed by atoms with van der Waals surface area (Å²) in [7, 11) is 0.100. The van der Waals surface area contributed by atoms with Crippen molar-refractivity contribution in [1.29, 1.82) is 0 Å². The molecule has 0 saturated heterocycles. The van der Waals surface area contributed by atoms with E-state index in [1.54, 1.807) is 12.1 Å². The van der Waals surface area contributed by atoms with E-state index in [0.717, 1.165) is 16.3 Å². The molecular formula is C26H31F3N4O3Si. The van der Waals surface area contributed by atoms with Crippen LogP contribution in [0.1, 0.15) is 11.1 Å². The van der Waals surface area contributed by atoms with Crippen molar-refractivity contribution < 1.29 is 27.4 Å². The number of amides is 2. The summed E-state index contributed by atoms with van der Waals surface area (Å²) in [6.45, 7) is 7.66. The molecule has 0 unspecified atom stereocenters. The highest BCUT2D eigenvalue weighted by atomic mass is 28.3. The molecule has 2 amide bonds. The van der Waals surface area contributed by atoms with Gasteiger partial charge in [0.25, 0.3) is 0 Å². The van der Waals surface area contributed by atoms with Gasteiger partial charge in [-0.05, 0) is 47.9 Å². The molecule has 0 saturated carbocycles. The molecule has 1 aliphatic rings. The molecule has 0 atom stereocenters. The van der Waals surface area contributed by atoms with E-state index in [0.29, 0.717) is 30.8 Å². The topological polar surface area (TPSA) is 68.6 Å². The lowest BCUT2D eigenvalue weighted by Gasteiger charge is -2.19. The minimum Gasteiger partial charge on any atom is -0.494 e. The summed E-state index contributed by atoms with van der Waals surface area (Å²) in [5.74, 6) is -1.73. The normalized spacial score (nSPS) is 13.1. The second kappa shape index (κ2) is 11.0. The Kier molecular flexibility index (Phi) is 7.93. The summed E-state index contributed by atoms with van der Waals surface area (Å²) in [5.41, 5.74) is 1.95. The van der Waals surface area contributed by atoms with Crippen LogP contribution in [0.25, 0.3) is 11.1 Å². The van der Waals surface area contributed by atoms with E-state index in [1.165, 1.54) is 36.4 Å². The third-order valence-electron chi connectivity index (χ3n) is 6.24. The average Bonchev–Trinajstić information content (AvgIpc) is 3.42. The van der Waals surface area contributed by atoms with Crippen LogP contribution in [0.5, 0.6) is 5.75 Å². The Balaban J connectivity index is 1.44. The highest BCUT2D eigenvalue weighted by Crippen LogP contribution is 2.35. The first-order chi connectivity index (χ1) is 17.6. The van der Waals surface area contributed by atoms with Gasteiger partial charge in [-0.15, -0.1) is 0 Å². The Morgan fingerprint density at radius 2 is 1.89 bits per heavy atom. The zero-order valence-electron chi connectivity index (χ0n) is 21.4. The predicted octanol–water partition coefficient (Wildman–Crippen LogP) is 5.56. The predicted molar refractivity (Wildman–Crippen MR) is 138 cm³/mol. The van der Waals surface area contributed by atoms with Crippen molar-refractivity contribution in [3.63, 3.8) is 0 Å². The summed E-state index contributed by atoms with van der Waals surface area (Å²) in [6.07, 6.45) is 1.79. The van der Waals surface area contributed by atoms with E-state index in [1.807, 2.05) is 0 Å². The van der Waals surface area contributed by atoms with Crippen LogP contribution in [0.4, 0.5) is 23.7 Å². The largest absolute Gasteiger partial charge is 0.494 e. The molecule has 0 radical (unpaired) electrons. The lowest BCUT2D eigenvalue weighted by Crippen LogP contribution is -2.38. The Labute approximate surface area is 215 Å². The van der Waals surface area contributed by atoms with Crippen LogP contribution in [0.2, 0.25) is 25.7 Å². The summed E-state index contributed by atoms with van der Waals surface area (Å²) in [4.78, 5) is 14.3. The molecule has 2 aromatic carbocycles. The van der Waals surface area contributed by atoms with Crippen molar-refractivity contribution in [3.05, 3.63) is 65.2 Å². The number of carbonyl (C=O) groups excluding carboxylic acids is 1. The molecule has 11 heteroatoms. The van der Waals surface area contributed by atoms with Gasteiger partial charge in [0.15, 0.2) is 11.6 Å². The summed E-state index contributed by atoms with van der Waals surface area (Å²) < 4.78 is 55.4. The Morgan fingerprint density at radius 3 is 2.62 bits per heavy atom. The fourth-order valence-corrected chi connectivity index (χ4v) is 4.84. The number of rotatable bonds is 9. The molecule has 198 valence electrons. The van der Waals surface area contributed by atoms with Crippen LogP contribution < -0.4 is 15.0 Å². The monoisotopic (exact) mass is 532 g/mol. The third kappa shape index (κ3) is 6.16. The van der Waals surface area contributed by atoms with Crippen molar-refractivity contribution in [3.8, 4) is 16.9 Å². The zero-order chi connectivity index (χ0) is 26.7. The summed E-state index contributed by atoms with van der Waals surface area (Å²) >= 11 is 0. The summed E-state index contributed by atoms with van der Waals surface area (Å²) in [6, 6.07) is 7.68. The quantitative estimate of drug-likeness (QED) is 0.289. The molecule has 0 fully saturated rings. The van der Waals surface area contributed by atoms with Gasteiger partial charge >= 0.3 is 6.03 Å². The van der Waals surface area contributed by atoms with E-state index < -0.39 is 31.7 Å². The molecule has 1 aromatic heterocycles. The first-order valence-electron chi connectivity index (χ1n) is 12.1. The van der Waals surface area contributed by atoms with E-state index >= 15 is 8.78 Å². The number of hydrogen-bond acceptors (Lipinski definition) is 4. The lowest BCUT2D eigenvalue weighted by molar-refractivity contribution is 0.0700. The number of nitrogens with one attached hydrogen (secondary N) is 1. The number of aromatic nitrogens is 2. The van der Waals surface area contributed by atoms with Crippen molar-refractivity contribution in [2.45, 2.75) is 45.4 Å². The second-order valence-corrected chi connectivity index (χ2v) is 15.8. The SMILES string of the molecule is COc1cc(CNC(=O)N2CCc3cc(-c4cnn(COCC[Si](C)(C)C)c4F)c(F)cc32)ccc1F. The molecule has 1 N–H and O–H groups in total. The van der Waals surface area contributed by atoms with Gasteiger partial charge in [0.2, 0.25) is 5.95 Å². The molecule has 4 rings (SSSR count). The number of hydrogen-bond donors (Lipinski definition) is 1. The van der Waals surface area contributed by atoms with Crippen LogP contribution in [0, 0.1) is 17.6 Å². The molecule has 0 spiro atoms. The average molecular weight is 533 g/mol. The molecular weight excluding hydrogens is 501 g/mol. The number of carbonyl (C=O) groups is 1. The van der Waals surface area contributed by atoms with Crippen LogP contribution in [-0.4, -0.2) is 44.1 Å². The van der Waals surface area contributed by atoms with Crippen molar-refractivity contribution >= 4 is 19.8 Å². The second-order valence-electron chi connectivity index (χ2n) is 10.2. The minimum atomic E-state index is -1.27. The molecule has 1 aliphatic heterocycles. The number of fused-ring (bicyclic) bond motifs is 1. The van der Waals surface area contributed by atoms with Crippen LogP contribution >= 0.6 is 0 Å². The number of benzene rings is 2. The van der Waals surface area contributed by atoms with E-state index in [9.17, 15) is 9.18 Å². The zero-order valence-corrected chi connectivity index (χ0v) is 22.4. The molecule has 7 nitrogen and oxygen atoms in total. The van der Waals surface area contributed by atoms with E-state index in [4.69, 9.17) is 9.47 Å². The number of anilines is 1. The van der Waals surface area contributed by atoms with Crippen molar-refractivity contribution in [2.24, 2.45) is 0 Å². The standard InChI is InChI=1S/C26H31F3N4O3Si/c1-35-24-11-17(5-6-21(24)27)14-30-26(34)32-8-7-18-12-19(22(28)13-23(18)32)20-15-31-33(25(20)29)16-36-9-10-37(2,3)4/h5-6,11-13,15H,7-10,14,16H2,1-4H3,(H,30,34). The molecule has 0 aliphatic carbocycles. The van der Waals surface area contributed by atoms with E-state index in [2.05, 4.69) is 30.1 Å². The van der Waals surface area contributed by atoms with Gasteiger partial charge < -0.3 is 14.8 Å². The van der Waals surface area contributed by atoms with Gasteiger partial charge in [-0.1, -0.05) is 25.7 Å². The maximum Gasteiger partial charge on any atom is 0.322 e. The van der Waals surface area contributed by atoms with E-state index in [-0.39, 0.29) is 30.2 Å². The molecule has 0 bridgehead atoms. The van der Waals surface area contributed by atoms with Gasteiger partial charge in [0, 0.05) is 33.3 Å². The van der Waals surface area contributed by atoms with Gasteiger partial charge in [-0.2, -0.15) is 9.49 Å². The van der Waals surface area contributed by atoms with Crippen LogP contribution in [0.3, 0.4) is 0 Å². The third-order valence-corrected chi connectivity index (χ3v) is 7.95. The molecule has 3 aromatic rings. The lowest BCUT2D eigenvalue weighted by atomic mass is 10.0. The highest BCUT2D eigenvalue weighted by molar-refractivity contribution is 6.76. The first kappa shape index (κ1) is 26.7. The maximum atomic E-state index is 15.1. The van der Waals surface area contributed by atoms with Gasteiger partial charge in [-0.3, -0.25) is 4.90 Å². The molecule has 37 heavy (non-hydrogen) atoms. The number of urea groups is 1. The van der Waals surface area contributed by atoms with Crippen molar-refractivity contribution in [2.75, 3.05) is 25.2 Å². The number of nitrogens with zero attached hydrogens (tertiary/aromatic N) is 3. The van der Waals surface area contributed by atoms with Gasteiger partial charge in [0.05, 0.1) is 24.6 Å². The van der Waals surface area contributed by atoms with Crippen molar-refractivity contribution in [1.82, 2.24) is 15.1 Å². The smallest absolute Gasteiger partial charge is 0.322 e. The first-order valence-corrected chi connectivity index (χ1v) is 15.8. The maximum absolute atomic E-state index is 15.1. The number of ether oxygens (including phenoxy) is 2. The summed E-state index contributed by atoms with van der Waals surface area (Å²) in [5, 5.41) is 6.80. The fourth-order valence-electron chi connectivity index (χ4n) is 4.09. The molecule has 2 heterocycles. The van der Waals surface area contributed by atoms with Gasteiger partial charge in [0.1, 0.15) is 12.5 Å². The van der Waals surface area contributed by atoms with Crippen LogP contribution in [0.15, 0.2) is 36.5 Å². The minimum absolute atomic E-state index is 0.0438. The highest BCUT2D eigenvalue weighted by Gasteiger charge is 2.28.